The minimum absolute atomic E-state index is 0.0751. The summed E-state index contributed by atoms with van der Waals surface area (Å²) in [6.07, 6.45) is 4.66. The van der Waals surface area contributed by atoms with Crippen molar-refractivity contribution in [2.24, 2.45) is 0 Å². The van der Waals surface area contributed by atoms with Gasteiger partial charge < -0.3 is 20.3 Å². The molecule has 1 saturated heterocycles. The van der Waals surface area contributed by atoms with Crippen LogP contribution in [-0.2, 0) is 6.42 Å². The summed E-state index contributed by atoms with van der Waals surface area (Å²) in [4.78, 5) is 24.1. The fourth-order valence-corrected chi connectivity index (χ4v) is 3.94. The second-order valence-corrected chi connectivity index (χ2v) is 7.99. The molecule has 0 unspecified atom stereocenters. The number of carbonyl (C=O) groups is 1. The lowest BCUT2D eigenvalue weighted by molar-refractivity contribution is 0.0916. The quantitative estimate of drug-likeness (QED) is 0.633. The molecular formula is C24H29N5O2. The molecule has 0 atom stereocenters. The number of amides is 1. The Kier molecular flexibility index (Phi) is 6.32. The van der Waals surface area contributed by atoms with Gasteiger partial charge in [0.05, 0.1) is 18.3 Å². The first-order valence-corrected chi connectivity index (χ1v) is 10.8. The van der Waals surface area contributed by atoms with Gasteiger partial charge in [0.25, 0.3) is 5.91 Å². The number of ether oxygens (including phenoxy) is 1. The average molecular weight is 420 g/mol. The number of rotatable bonds is 6. The number of hydrogen-bond acceptors (Lipinski definition) is 6. The SMILES string of the molecule is CCc1cccc2cnc(Nc3ccc(C(=O)NC4CCN(C)CC4)cc3OC)nc12. The van der Waals surface area contributed by atoms with Crippen molar-refractivity contribution in [2.45, 2.75) is 32.2 Å². The van der Waals surface area contributed by atoms with E-state index in [1.54, 1.807) is 19.2 Å². The third-order valence-electron chi connectivity index (χ3n) is 5.84. The summed E-state index contributed by atoms with van der Waals surface area (Å²) in [5.41, 5.74) is 3.41. The number of hydrogen-bond donors (Lipinski definition) is 2. The molecule has 0 bridgehead atoms. The van der Waals surface area contributed by atoms with E-state index >= 15 is 0 Å². The monoisotopic (exact) mass is 419 g/mol. The van der Waals surface area contributed by atoms with E-state index in [9.17, 15) is 4.79 Å². The predicted octanol–water partition coefficient (Wildman–Crippen LogP) is 3.77. The lowest BCUT2D eigenvalue weighted by Crippen LogP contribution is -2.43. The highest BCUT2D eigenvalue weighted by Gasteiger charge is 2.20. The number of carbonyl (C=O) groups excluding carboxylic acids is 1. The highest BCUT2D eigenvalue weighted by molar-refractivity contribution is 5.95. The van der Waals surface area contributed by atoms with Gasteiger partial charge in [-0.25, -0.2) is 9.97 Å². The Bertz CT molecular complexity index is 1080. The second-order valence-electron chi connectivity index (χ2n) is 7.99. The van der Waals surface area contributed by atoms with E-state index in [4.69, 9.17) is 9.72 Å². The predicted molar refractivity (Wildman–Crippen MR) is 123 cm³/mol. The van der Waals surface area contributed by atoms with E-state index in [1.807, 2.05) is 24.4 Å². The van der Waals surface area contributed by atoms with Gasteiger partial charge in [0.1, 0.15) is 5.75 Å². The van der Waals surface area contributed by atoms with Crippen LogP contribution in [0.3, 0.4) is 0 Å². The number of fused-ring (bicyclic) bond motifs is 1. The molecule has 0 spiro atoms. The van der Waals surface area contributed by atoms with Crippen LogP contribution < -0.4 is 15.4 Å². The Morgan fingerprint density at radius 1 is 1.23 bits per heavy atom. The first kappa shape index (κ1) is 21.1. The maximum atomic E-state index is 12.7. The van der Waals surface area contributed by atoms with Crippen molar-refractivity contribution >= 4 is 28.4 Å². The first-order valence-electron chi connectivity index (χ1n) is 10.8. The maximum absolute atomic E-state index is 12.7. The standard InChI is InChI=1S/C24H29N5O2/c1-4-16-6-5-7-18-15-25-24(28-22(16)18)27-20-9-8-17(14-21(20)31-3)23(30)26-19-10-12-29(2)13-11-19/h5-9,14-15,19H,4,10-13H2,1-3H3,(H,26,30)(H,25,27,28). The van der Waals surface area contributed by atoms with Gasteiger partial charge in [0.15, 0.2) is 0 Å². The van der Waals surface area contributed by atoms with Gasteiger partial charge in [-0.3, -0.25) is 4.79 Å². The van der Waals surface area contributed by atoms with Crippen LogP contribution in [0.1, 0.15) is 35.7 Å². The van der Waals surface area contributed by atoms with Crippen LogP contribution in [0.4, 0.5) is 11.6 Å². The minimum Gasteiger partial charge on any atom is -0.495 e. The third-order valence-corrected chi connectivity index (χ3v) is 5.84. The van der Waals surface area contributed by atoms with E-state index in [0.717, 1.165) is 43.3 Å². The maximum Gasteiger partial charge on any atom is 0.251 e. The average Bonchev–Trinajstić information content (AvgIpc) is 2.80. The molecule has 0 aliphatic carbocycles. The van der Waals surface area contributed by atoms with Gasteiger partial charge in [-0.05, 0) is 63.2 Å². The van der Waals surface area contributed by atoms with Crippen molar-refractivity contribution in [1.82, 2.24) is 20.2 Å². The number of likely N-dealkylation sites (tertiary alicyclic amines) is 1. The first-order chi connectivity index (χ1) is 15.1. The Hall–Kier alpha value is -3.19. The van der Waals surface area contributed by atoms with Crippen LogP contribution in [0.15, 0.2) is 42.6 Å². The molecule has 1 aromatic heterocycles. The summed E-state index contributed by atoms with van der Waals surface area (Å²) in [6.45, 7) is 4.12. The van der Waals surface area contributed by atoms with Gasteiger partial charge in [-0.2, -0.15) is 0 Å². The summed E-state index contributed by atoms with van der Waals surface area (Å²) < 4.78 is 5.54. The zero-order chi connectivity index (χ0) is 21.8. The molecule has 162 valence electrons. The van der Waals surface area contributed by atoms with E-state index in [1.165, 1.54) is 5.56 Å². The number of aromatic nitrogens is 2. The molecule has 2 aromatic carbocycles. The van der Waals surface area contributed by atoms with Crippen LogP contribution in [0.2, 0.25) is 0 Å². The van der Waals surface area contributed by atoms with Crippen molar-refractivity contribution in [3.63, 3.8) is 0 Å². The smallest absolute Gasteiger partial charge is 0.251 e. The highest BCUT2D eigenvalue weighted by Crippen LogP contribution is 2.29. The van der Waals surface area contributed by atoms with Crippen molar-refractivity contribution in [1.29, 1.82) is 0 Å². The molecule has 0 radical (unpaired) electrons. The van der Waals surface area contributed by atoms with E-state index < -0.39 is 0 Å². The lowest BCUT2D eigenvalue weighted by atomic mass is 10.0. The molecule has 2 heterocycles. The summed E-state index contributed by atoms with van der Waals surface area (Å²) in [6, 6.07) is 11.7. The topological polar surface area (TPSA) is 79.4 Å². The molecule has 7 heteroatoms. The summed E-state index contributed by atoms with van der Waals surface area (Å²) in [5, 5.41) is 7.39. The molecule has 2 N–H and O–H groups in total. The zero-order valence-electron chi connectivity index (χ0n) is 18.3. The number of nitrogens with one attached hydrogen (secondary N) is 2. The van der Waals surface area contributed by atoms with Crippen LogP contribution in [0.25, 0.3) is 10.9 Å². The molecule has 1 fully saturated rings. The third kappa shape index (κ3) is 4.77. The summed E-state index contributed by atoms with van der Waals surface area (Å²) >= 11 is 0. The Morgan fingerprint density at radius 2 is 2.03 bits per heavy atom. The molecule has 0 saturated carbocycles. The van der Waals surface area contributed by atoms with E-state index in [2.05, 4.69) is 40.6 Å². The minimum atomic E-state index is -0.0751. The van der Waals surface area contributed by atoms with Crippen LogP contribution in [0.5, 0.6) is 5.75 Å². The number of benzene rings is 2. The Morgan fingerprint density at radius 3 is 2.77 bits per heavy atom. The normalized spacial score (nSPS) is 15.1. The van der Waals surface area contributed by atoms with Crippen molar-refractivity contribution in [2.75, 3.05) is 32.6 Å². The number of nitrogens with zero attached hydrogens (tertiary/aromatic N) is 3. The summed E-state index contributed by atoms with van der Waals surface area (Å²) in [5.74, 6) is 0.993. The second kappa shape index (κ2) is 9.31. The largest absolute Gasteiger partial charge is 0.495 e. The fraction of sp³-hybridized carbons (Fsp3) is 0.375. The molecule has 4 rings (SSSR count). The molecule has 1 aliphatic heterocycles. The molecule has 7 nitrogen and oxygen atoms in total. The van der Waals surface area contributed by atoms with Gasteiger partial charge in [-0.15, -0.1) is 0 Å². The van der Waals surface area contributed by atoms with E-state index in [0.29, 0.717) is 22.9 Å². The van der Waals surface area contributed by atoms with Gasteiger partial charge in [0.2, 0.25) is 5.95 Å². The number of piperidine rings is 1. The summed E-state index contributed by atoms with van der Waals surface area (Å²) in [7, 11) is 3.70. The number of methoxy groups -OCH3 is 1. The number of para-hydroxylation sites is 1. The molecular weight excluding hydrogens is 390 g/mol. The molecule has 3 aromatic rings. The fourth-order valence-electron chi connectivity index (χ4n) is 3.94. The number of anilines is 2. The molecule has 1 amide bonds. The Balaban J connectivity index is 1.52. The van der Waals surface area contributed by atoms with Crippen LogP contribution in [0, 0.1) is 0 Å². The number of aryl methyl sites for hydroxylation is 1. The lowest BCUT2D eigenvalue weighted by Gasteiger charge is -2.29. The molecule has 1 aliphatic rings. The van der Waals surface area contributed by atoms with Crippen LogP contribution >= 0.6 is 0 Å². The molecule has 31 heavy (non-hydrogen) atoms. The van der Waals surface area contributed by atoms with Gasteiger partial charge >= 0.3 is 0 Å². The van der Waals surface area contributed by atoms with Crippen molar-refractivity contribution in [3.8, 4) is 5.75 Å². The van der Waals surface area contributed by atoms with Crippen molar-refractivity contribution < 1.29 is 9.53 Å². The zero-order valence-corrected chi connectivity index (χ0v) is 18.3. The van der Waals surface area contributed by atoms with Gasteiger partial charge in [0, 0.05) is 23.2 Å². The Labute approximate surface area is 182 Å². The van der Waals surface area contributed by atoms with Gasteiger partial charge in [-0.1, -0.05) is 25.1 Å². The van der Waals surface area contributed by atoms with Crippen molar-refractivity contribution in [3.05, 3.63) is 53.7 Å². The van der Waals surface area contributed by atoms with E-state index in [-0.39, 0.29) is 11.9 Å². The van der Waals surface area contributed by atoms with Crippen LogP contribution in [-0.4, -0.2) is 54.1 Å². The highest BCUT2D eigenvalue weighted by atomic mass is 16.5.